The normalized spacial score (nSPS) is 10.8. The van der Waals surface area contributed by atoms with Crippen LogP contribution in [-0.4, -0.2) is 15.5 Å². The molecule has 0 saturated carbocycles. The molecule has 0 spiro atoms. The van der Waals surface area contributed by atoms with Gasteiger partial charge in [0, 0.05) is 18.7 Å². The number of aromatic nitrogens is 2. The summed E-state index contributed by atoms with van der Waals surface area (Å²) < 4.78 is 27.9. The van der Waals surface area contributed by atoms with E-state index in [4.69, 9.17) is 0 Å². The van der Waals surface area contributed by atoms with Crippen LogP contribution in [0.15, 0.2) is 48.8 Å². The third kappa shape index (κ3) is 2.95. The molecule has 1 N–H and O–H groups in total. The van der Waals surface area contributed by atoms with E-state index in [2.05, 4.69) is 10.3 Å². The largest absolute Gasteiger partial charge is 0.350 e. The van der Waals surface area contributed by atoms with Crippen LogP contribution < -0.4 is 5.32 Å². The molecule has 0 aliphatic rings. The Morgan fingerprint density at radius 2 is 1.86 bits per heavy atom. The minimum Gasteiger partial charge on any atom is -0.350 e. The van der Waals surface area contributed by atoms with Crippen LogP contribution in [0.4, 0.5) is 8.78 Å². The minimum absolute atomic E-state index is 0.00555. The zero-order valence-corrected chi connectivity index (χ0v) is 11.6. The number of nitrogens with zero attached hydrogens (tertiary/aromatic N) is 2. The van der Waals surface area contributed by atoms with Crippen molar-refractivity contribution in [3.63, 3.8) is 0 Å². The molecule has 1 aromatic heterocycles. The Kier molecular flexibility index (Phi) is 3.82. The molecule has 0 aliphatic carbocycles. The predicted octanol–water partition coefficient (Wildman–Crippen LogP) is 2.63. The Morgan fingerprint density at radius 3 is 2.64 bits per heavy atom. The first-order valence-corrected chi connectivity index (χ1v) is 6.74. The summed E-state index contributed by atoms with van der Waals surface area (Å²) in [6.07, 6.45) is 1.39. The molecule has 3 aromatic rings. The van der Waals surface area contributed by atoms with Crippen molar-refractivity contribution in [3.8, 4) is 0 Å². The maximum Gasteiger partial charge on any atom is 0.240 e. The van der Waals surface area contributed by atoms with Crippen LogP contribution in [-0.2, 0) is 17.9 Å². The number of hydrogen-bond acceptors (Lipinski definition) is 2. The molecule has 0 aliphatic heterocycles. The summed E-state index contributed by atoms with van der Waals surface area (Å²) in [5.74, 6) is -2.14. The molecule has 0 unspecified atom stereocenters. The molecule has 0 bridgehead atoms. The summed E-state index contributed by atoms with van der Waals surface area (Å²) >= 11 is 0. The minimum atomic E-state index is -0.959. The Hall–Kier alpha value is -2.76. The highest BCUT2D eigenvalue weighted by molar-refractivity contribution is 5.80. The molecule has 0 fully saturated rings. The van der Waals surface area contributed by atoms with Gasteiger partial charge in [-0.2, -0.15) is 0 Å². The van der Waals surface area contributed by atoms with Gasteiger partial charge >= 0.3 is 0 Å². The van der Waals surface area contributed by atoms with Gasteiger partial charge in [-0.05, 0) is 5.56 Å². The number of amides is 1. The Labute approximate surface area is 125 Å². The number of carbonyl (C=O) groups is 1. The molecule has 1 heterocycles. The summed E-state index contributed by atoms with van der Waals surface area (Å²) in [5.41, 5.74) is 1.68. The second kappa shape index (κ2) is 5.93. The van der Waals surface area contributed by atoms with Crippen LogP contribution in [0.2, 0.25) is 0 Å². The molecule has 0 saturated heterocycles. The first-order chi connectivity index (χ1) is 10.6. The first-order valence-electron chi connectivity index (χ1n) is 6.74. The van der Waals surface area contributed by atoms with Gasteiger partial charge in [0.15, 0.2) is 11.6 Å². The maximum atomic E-state index is 13.3. The second-order valence-corrected chi connectivity index (χ2v) is 4.89. The number of rotatable bonds is 4. The van der Waals surface area contributed by atoms with E-state index >= 15 is 0 Å². The average molecular weight is 301 g/mol. The van der Waals surface area contributed by atoms with E-state index in [1.54, 1.807) is 0 Å². The van der Waals surface area contributed by atoms with Crippen molar-refractivity contribution < 1.29 is 13.6 Å². The van der Waals surface area contributed by atoms with Gasteiger partial charge in [-0.3, -0.25) is 4.79 Å². The monoisotopic (exact) mass is 301 g/mol. The summed E-state index contributed by atoms with van der Waals surface area (Å²) in [4.78, 5) is 15.9. The Morgan fingerprint density at radius 1 is 1.14 bits per heavy atom. The molecular weight excluding hydrogens is 288 g/mol. The van der Waals surface area contributed by atoms with Crippen molar-refractivity contribution in [1.29, 1.82) is 0 Å². The van der Waals surface area contributed by atoms with E-state index in [0.717, 1.165) is 17.7 Å². The van der Waals surface area contributed by atoms with Crippen molar-refractivity contribution in [3.05, 3.63) is 66.0 Å². The van der Waals surface area contributed by atoms with Crippen LogP contribution >= 0.6 is 0 Å². The molecule has 22 heavy (non-hydrogen) atoms. The molecule has 112 valence electrons. The fourth-order valence-electron chi connectivity index (χ4n) is 2.19. The second-order valence-electron chi connectivity index (χ2n) is 4.89. The number of halogens is 2. The van der Waals surface area contributed by atoms with Crippen molar-refractivity contribution in [2.75, 3.05) is 0 Å². The number of carbonyl (C=O) groups excluding carboxylic acids is 1. The Balaban J connectivity index is 1.70. The van der Waals surface area contributed by atoms with Crippen LogP contribution in [0.5, 0.6) is 0 Å². The van der Waals surface area contributed by atoms with Crippen LogP contribution in [0, 0.1) is 11.6 Å². The fourth-order valence-corrected chi connectivity index (χ4v) is 2.19. The van der Waals surface area contributed by atoms with E-state index in [-0.39, 0.29) is 12.5 Å². The summed E-state index contributed by atoms with van der Waals surface area (Å²) in [5, 5.41) is 2.77. The van der Waals surface area contributed by atoms with Crippen molar-refractivity contribution in [1.82, 2.24) is 14.9 Å². The lowest BCUT2D eigenvalue weighted by molar-refractivity contribution is -0.121. The SMILES string of the molecule is O=C(Cn1cnc2cc(F)c(F)cc21)NCc1ccccc1. The number of fused-ring (bicyclic) bond motifs is 1. The van der Waals surface area contributed by atoms with Gasteiger partial charge in [-0.15, -0.1) is 0 Å². The van der Waals surface area contributed by atoms with Gasteiger partial charge in [0.1, 0.15) is 6.54 Å². The van der Waals surface area contributed by atoms with Gasteiger partial charge in [-0.1, -0.05) is 30.3 Å². The number of nitrogens with one attached hydrogen (secondary N) is 1. The van der Waals surface area contributed by atoms with E-state index in [0.29, 0.717) is 17.6 Å². The highest BCUT2D eigenvalue weighted by atomic mass is 19.2. The maximum absolute atomic E-state index is 13.3. The average Bonchev–Trinajstić information content (AvgIpc) is 2.89. The third-order valence-corrected chi connectivity index (χ3v) is 3.31. The van der Waals surface area contributed by atoms with Crippen LogP contribution in [0.1, 0.15) is 5.56 Å². The molecule has 2 aromatic carbocycles. The molecule has 0 radical (unpaired) electrons. The zero-order valence-electron chi connectivity index (χ0n) is 11.6. The summed E-state index contributed by atoms with van der Waals surface area (Å²) in [6, 6.07) is 11.6. The van der Waals surface area contributed by atoms with E-state index in [1.165, 1.54) is 10.9 Å². The topological polar surface area (TPSA) is 46.9 Å². The molecule has 4 nitrogen and oxygen atoms in total. The van der Waals surface area contributed by atoms with E-state index < -0.39 is 11.6 Å². The standard InChI is InChI=1S/C16H13F2N3O/c17-12-6-14-15(7-13(12)18)21(10-20-14)9-16(22)19-8-11-4-2-1-3-5-11/h1-7,10H,8-9H2,(H,19,22). The number of imidazole rings is 1. The van der Waals surface area contributed by atoms with E-state index in [1.807, 2.05) is 30.3 Å². The number of benzene rings is 2. The quantitative estimate of drug-likeness (QED) is 0.805. The third-order valence-electron chi connectivity index (χ3n) is 3.31. The number of hydrogen-bond donors (Lipinski definition) is 1. The molecule has 1 amide bonds. The van der Waals surface area contributed by atoms with Crippen molar-refractivity contribution >= 4 is 16.9 Å². The van der Waals surface area contributed by atoms with Gasteiger partial charge in [0.05, 0.1) is 17.4 Å². The lowest BCUT2D eigenvalue weighted by atomic mass is 10.2. The summed E-state index contributed by atoms with van der Waals surface area (Å²) in [6.45, 7) is 0.406. The van der Waals surface area contributed by atoms with Crippen LogP contribution in [0.3, 0.4) is 0 Å². The van der Waals surface area contributed by atoms with Gasteiger partial charge < -0.3 is 9.88 Å². The molecule has 6 heteroatoms. The zero-order chi connectivity index (χ0) is 15.5. The molecule has 3 rings (SSSR count). The molecule has 0 atom stereocenters. The summed E-state index contributed by atoms with van der Waals surface area (Å²) in [7, 11) is 0. The van der Waals surface area contributed by atoms with E-state index in [9.17, 15) is 13.6 Å². The lowest BCUT2D eigenvalue weighted by Crippen LogP contribution is -2.26. The smallest absolute Gasteiger partial charge is 0.240 e. The predicted molar refractivity (Wildman–Crippen MR) is 77.9 cm³/mol. The van der Waals surface area contributed by atoms with Crippen molar-refractivity contribution in [2.24, 2.45) is 0 Å². The Bertz CT molecular complexity index is 815. The highest BCUT2D eigenvalue weighted by Gasteiger charge is 2.11. The van der Waals surface area contributed by atoms with Gasteiger partial charge in [0.25, 0.3) is 0 Å². The molecular formula is C16H13F2N3O. The lowest BCUT2D eigenvalue weighted by Gasteiger charge is -2.07. The highest BCUT2D eigenvalue weighted by Crippen LogP contribution is 2.17. The van der Waals surface area contributed by atoms with Gasteiger partial charge in [-0.25, -0.2) is 13.8 Å². The van der Waals surface area contributed by atoms with Crippen molar-refractivity contribution in [2.45, 2.75) is 13.1 Å². The fraction of sp³-hybridized carbons (Fsp3) is 0.125. The van der Waals surface area contributed by atoms with Gasteiger partial charge in [0.2, 0.25) is 5.91 Å². The van der Waals surface area contributed by atoms with Crippen LogP contribution in [0.25, 0.3) is 11.0 Å². The first kappa shape index (κ1) is 14.2.